The van der Waals surface area contributed by atoms with Crippen LogP contribution < -0.4 is 9.62 Å². The lowest BCUT2D eigenvalue weighted by Gasteiger charge is -2.34. The third-order valence-electron chi connectivity index (χ3n) is 7.19. The Balaban J connectivity index is 1.75. The average molecular weight is 671 g/mol. The number of hydrogen-bond acceptors (Lipinski definition) is 4. The van der Waals surface area contributed by atoms with Crippen LogP contribution in [0, 0.1) is 0 Å². The van der Waals surface area contributed by atoms with Crippen LogP contribution in [-0.2, 0) is 26.2 Å². The van der Waals surface area contributed by atoms with E-state index in [-0.39, 0.29) is 39.1 Å². The summed E-state index contributed by atoms with van der Waals surface area (Å²) in [6, 6.07) is 16.1. The van der Waals surface area contributed by atoms with Crippen molar-refractivity contribution >= 4 is 73.9 Å². The number of amides is 2. The van der Waals surface area contributed by atoms with Gasteiger partial charge in [-0.3, -0.25) is 13.9 Å². The summed E-state index contributed by atoms with van der Waals surface area (Å²) in [5.74, 6) is -0.906. The van der Waals surface area contributed by atoms with Crippen molar-refractivity contribution in [2.24, 2.45) is 0 Å². The molecule has 1 N–H and O–H groups in total. The monoisotopic (exact) mass is 669 g/mol. The second-order valence-electron chi connectivity index (χ2n) is 10.1. The fourth-order valence-electron chi connectivity index (χ4n) is 5.05. The zero-order chi connectivity index (χ0) is 30.4. The number of carbonyl (C=O) groups is 2. The SMILES string of the molecule is CC[C@@H](C(=O)NC1CCCC1)N(Cc1ccc(Cl)cc1Cl)C(=O)CN(c1cc(Cl)cc(Cl)c1)S(=O)(=O)c1ccccc1. The molecule has 1 fully saturated rings. The van der Waals surface area contributed by atoms with Gasteiger partial charge in [-0.25, -0.2) is 8.42 Å². The first kappa shape index (κ1) is 32.4. The number of halogens is 4. The van der Waals surface area contributed by atoms with Gasteiger partial charge in [0.2, 0.25) is 11.8 Å². The number of rotatable bonds is 11. The fourth-order valence-corrected chi connectivity index (χ4v) is 7.45. The molecule has 224 valence electrons. The summed E-state index contributed by atoms with van der Waals surface area (Å²) in [5.41, 5.74) is 0.669. The maximum absolute atomic E-state index is 14.2. The minimum absolute atomic E-state index is 0.0211. The molecule has 0 aliphatic heterocycles. The molecule has 0 saturated heterocycles. The first-order valence-electron chi connectivity index (χ1n) is 13.6. The molecule has 2 amide bonds. The van der Waals surface area contributed by atoms with Crippen molar-refractivity contribution in [1.82, 2.24) is 10.2 Å². The van der Waals surface area contributed by atoms with Crippen molar-refractivity contribution in [3.63, 3.8) is 0 Å². The van der Waals surface area contributed by atoms with Gasteiger partial charge in [-0.15, -0.1) is 0 Å². The van der Waals surface area contributed by atoms with Crippen LogP contribution in [0.25, 0.3) is 0 Å². The van der Waals surface area contributed by atoms with Crippen LogP contribution in [0.3, 0.4) is 0 Å². The van der Waals surface area contributed by atoms with E-state index >= 15 is 0 Å². The third kappa shape index (κ3) is 7.91. The van der Waals surface area contributed by atoms with Crippen molar-refractivity contribution in [2.75, 3.05) is 10.8 Å². The molecule has 1 atom stereocenters. The van der Waals surface area contributed by atoms with E-state index in [1.807, 2.05) is 0 Å². The zero-order valence-corrected chi connectivity index (χ0v) is 26.7. The van der Waals surface area contributed by atoms with E-state index in [9.17, 15) is 18.0 Å². The highest BCUT2D eigenvalue weighted by molar-refractivity contribution is 7.92. The molecule has 7 nitrogen and oxygen atoms in total. The Morgan fingerprint density at radius 3 is 2.14 bits per heavy atom. The Kier molecular flexibility index (Phi) is 11.1. The smallest absolute Gasteiger partial charge is 0.264 e. The molecule has 1 saturated carbocycles. The quantitative estimate of drug-likeness (QED) is 0.231. The van der Waals surface area contributed by atoms with Crippen LogP contribution in [0.2, 0.25) is 20.1 Å². The van der Waals surface area contributed by atoms with E-state index in [2.05, 4.69) is 5.32 Å². The number of sulfonamides is 1. The Morgan fingerprint density at radius 2 is 1.55 bits per heavy atom. The van der Waals surface area contributed by atoms with Gasteiger partial charge >= 0.3 is 0 Å². The molecule has 0 heterocycles. The molecule has 0 bridgehead atoms. The molecule has 3 aromatic carbocycles. The van der Waals surface area contributed by atoms with Crippen LogP contribution in [0.4, 0.5) is 5.69 Å². The second kappa shape index (κ2) is 14.3. The number of hydrogen-bond donors (Lipinski definition) is 1. The van der Waals surface area contributed by atoms with Gasteiger partial charge in [-0.2, -0.15) is 0 Å². The van der Waals surface area contributed by atoms with E-state index < -0.39 is 28.5 Å². The zero-order valence-electron chi connectivity index (χ0n) is 22.9. The number of anilines is 1. The number of carbonyl (C=O) groups excluding carboxylic acids is 2. The van der Waals surface area contributed by atoms with E-state index in [1.165, 1.54) is 35.2 Å². The Hall–Kier alpha value is -2.49. The minimum atomic E-state index is -4.25. The van der Waals surface area contributed by atoms with Gasteiger partial charge in [0.15, 0.2) is 0 Å². The molecular weight excluding hydrogens is 640 g/mol. The van der Waals surface area contributed by atoms with Crippen LogP contribution in [0.15, 0.2) is 71.6 Å². The highest BCUT2D eigenvalue weighted by Gasteiger charge is 2.35. The van der Waals surface area contributed by atoms with Gasteiger partial charge < -0.3 is 10.2 Å². The third-order valence-corrected chi connectivity index (χ3v) is 10.0. The Labute approximate surface area is 266 Å². The number of nitrogens with zero attached hydrogens (tertiary/aromatic N) is 2. The van der Waals surface area contributed by atoms with Gasteiger partial charge in [-0.1, -0.05) is 90.4 Å². The molecule has 1 aliphatic carbocycles. The van der Waals surface area contributed by atoms with Crippen LogP contribution in [0.5, 0.6) is 0 Å². The molecule has 0 aromatic heterocycles. The van der Waals surface area contributed by atoms with Crippen molar-refractivity contribution in [3.05, 3.63) is 92.4 Å². The Bertz CT molecular complexity index is 1510. The number of benzene rings is 3. The summed E-state index contributed by atoms with van der Waals surface area (Å²) < 4.78 is 28.8. The topological polar surface area (TPSA) is 86.8 Å². The average Bonchev–Trinajstić information content (AvgIpc) is 3.45. The summed E-state index contributed by atoms with van der Waals surface area (Å²) in [6.45, 7) is 1.14. The van der Waals surface area contributed by atoms with E-state index in [1.54, 1.807) is 43.3 Å². The van der Waals surface area contributed by atoms with Gasteiger partial charge in [0.25, 0.3) is 10.0 Å². The summed E-state index contributed by atoms with van der Waals surface area (Å²) in [7, 11) is -4.25. The van der Waals surface area contributed by atoms with Crippen molar-refractivity contribution < 1.29 is 18.0 Å². The van der Waals surface area contributed by atoms with E-state index in [0.29, 0.717) is 22.0 Å². The highest BCUT2D eigenvalue weighted by Crippen LogP contribution is 2.31. The summed E-state index contributed by atoms with van der Waals surface area (Å²) in [4.78, 5) is 29.1. The molecule has 4 rings (SSSR count). The molecule has 0 radical (unpaired) electrons. The van der Waals surface area contributed by atoms with E-state index in [4.69, 9.17) is 46.4 Å². The van der Waals surface area contributed by atoms with Gasteiger partial charge in [0, 0.05) is 32.7 Å². The van der Waals surface area contributed by atoms with Crippen LogP contribution in [0.1, 0.15) is 44.6 Å². The van der Waals surface area contributed by atoms with E-state index in [0.717, 1.165) is 30.0 Å². The lowest BCUT2D eigenvalue weighted by atomic mass is 10.1. The maximum Gasteiger partial charge on any atom is 0.264 e. The largest absolute Gasteiger partial charge is 0.352 e. The molecule has 12 heteroatoms. The number of nitrogens with one attached hydrogen (secondary N) is 1. The summed E-state index contributed by atoms with van der Waals surface area (Å²) >= 11 is 25.1. The standard InChI is InChI=1S/C30H31Cl4N3O4S/c1-2-28(30(39)35-24-8-6-7-9-24)36(18-20-12-13-21(31)17-27(20)34)29(38)19-37(25-15-22(32)14-23(33)16-25)42(40,41)26-10-4-3-5-11-26/h3-5,10-17,24,28H,2,6-9,18-19H2,1H3,(H,35,39)/t28-/m0/s1. The van der Waals surface area contributed by atoms with Crippen molar-refractivity contribution in [3.8, 4) is 0 Å². The molecule has 1 aliphatic rings. The van der Waals surface area contributed by atoms with Crippen molar-refractivity contribution in [1.29, 1.82) is 0 Å². The lowest BCUT2D eigenvalue weighted by Crippen LogP contribution is -2.53. The normalized spacial score (nSPS) is 14.4. The van der Waals surface area contributed by atoms with Crippen LogP contribution in [-0.4, -0.2) is 43.8 Å². The minimum Gasteiger partial charge on any atom is -0.352 e. The first-order valence-corrected chi connectivity index (χ1v) is 16.5. The highest BCUT2D eigenvalue weighted by atomic mass is 35.5. The fraction of sp³-hybridized carbons (Fsp3) is 0.333. The van der Waals surface area contributed by atoms with Crippen LogP contribution >= 0.6 is 46.4 Å². The second-order valence-corrected chi connectivity index (χ2v) is 13.7. The molecule has 0 spiro atoms. The molecule has 3 aromatic rings. The van der Waals surface area contributed by atoms with Gasteiger partial charge in [-0.05, 0) is 67.3 Å². The molecule has 0 unspecified atom stereocenters. The van der Waals surface area contributed by atoms with Gasteiger partial charge in [0.05, 0.1) is 10.6 Å². The molecule has 42 heavy (non-hydrogen) atoms. The van der Waals surface area contributed by atoms with Crippen molar-refractivity contribution in [2.45, 2.75) is 62.6 Å². The Morgan fingerprint density at radius 1 is 0.905 bits per heavy atom. The maximum atomic E-state index is 14.2. The summed E-state index contributed by atoms with van der Waals surface area (Å²) in [5, 5.41) is 4.22. The predicted octanol–water partition coefficient (Wildman–Crippen LogP) is 7.36. The predicted molar refractivity (Wildman–Crippen MR) is 169 cm³/mol. The summed E-state index contributed by atoms with van der Waals surface area (Å²) in [6.07, 6.45) is 4.10. The molecular formula is C30H31Cl4N3O4S. The van der Waals surface area contributed by atoms with Gasteiger partial charge in [0.1, 0.15) is 12.6 Å². The first-order chi connectivity index (χ1) is 20.0. The lowest BCUT2D eigenvalue weighted by molar-refractivity contribution is -0.140.